The number of Topliss-reactive ketones (excluding diaryl/α,β-unsaturated/α-hetero) is 1. The van der Waals surface area contributed by atoms with Gasteiger partial charge >= 0.3 is 0 Å². The van der Waals surface area contributed by atoms with Crippen molar-refractivity contribution in [3.05, 3.63) is 29.8 Å². The Morgan fingerprint density at radius 3 is 2.78 bits per heavy atom. The van der Waals surface area contributed by atoms with E-state index in [-0.39, 0.29) is 12.2 Å². The van der Waals surface area contributed by atoms with Gasteiger partial charge in [0.05, 0.1) is 19.8 Å². The van der Waals surface area contributed by atoms with Gasteiger partial charge in [-0.2, -0.15) is 5.26 Å². The molecule has 0 saturated carbocycles. The Kier molecular flexibility index (Phi) is 5.89. The first kappa shape index (κ1) is 14.2. The molecule has 0 aliphatic carbocycles. The molecule has 0 amide bonds. The molecule has 0 saturated heterocycles. The molecule has 1 rings (SSSR count). The molecule has 1 aromatic carbocycles. The molecule has 4 nitrogen and oxygen atoms in total. The number of carbonyl (C=O) groups is 1. The molecule has 0 heterocycles. The van der Waals surface area contributed by atoms with Crippen LogP contribution in [0.2, 0.25) is 0 Å². The van der Waals surface area contributed by atoms with E-state index in [1.54, 1.807) is 24.3 Å². The number of ketones is 1. The summed E-state index contributed by atoms with van der Waals surface area (Å²) in [6, 6.07) is 9.12. The molecule has 1 aromatic rings. The zero-order chi connectivity index (χ0) is 13.4. The smallest absolute Gasteiger partial charge is 0.156 e. The minimum Gasteiger partial charge on any atom is -0.496 e. The summed E-state index contributed by atoms with van der Waals surface area (Å²) < 4.78 is 10.3. The average Bonchev–Trinajstić information content (AvgIpc) is 2.40. The van der Waals surface area contributed by atoms with Crippen LogP contribution in [-0.4, -0.2) is 26.1 Å². The van der Waals surface area contributed by atoms with Crippen molar-refractivity contribution in [3.8, 4) is 11.8 Å². The van der Waals surface area contributed by atoms with Gasteiger partial charge in [0.2, 0.25) is 0 Å². The highest BCUT2D eigenvalue weighted by molar-refractivity contribution is 5.89. The minimum atomic E-state index is -0.790. The van der Waals surface area contributed by atoms with Crippen LogP contribution in [0.5, 0.6) is 5.75 Å². The van der Waals surface area contributed by atoms with Crippen LogP contribution >= 0.6 is 0 Å². The Bertz CT molecular complexity index is 437. The first-order chi connectivity index (χ1) is 8.74. The molecule has 18 heavy (non-hydrogen) atoms. The van der Waals surface area contributed by atoms with Crippen molar-refractivity contribution in [3.63, 3.8) is 0 Å². The lowest BCUT2D eigenvalue weighted by atomic mass is 9.94. The lowest BCUT2D eigenvalue weighted by Gasteiger charge is -2.12. The summed E-state index contributed by atoms with van der Waals surface area (Å²) in [6.45, 7) is 2.79. The maximum atomic E-state index is 12.0. The fourth-order valence-electron chi connectivity index (χ4n) is 1.68. The van der Waals surface area contributed by atoms with Crippen molar-refractivity contribution in [1.29, 1.82) is 5.26 Å². The van der Waals surface area contributed by atoms with Crippen molar-refractivity contribution in [1.82, 2.24) is 0 Å². The van der Waals surface area contributed by atoms with Gasteiger partial charge in [0.15, 0.2) is 5.78 Å². The van der Waals surface area contributed by atoms with E-state index >= 15 is 0 Å². The van der Waals surface area contributed by atoms with E-state index in [0.29, 0.717) is 24.5 Å². The maximum Gasteiger partial charge on any atom is 0.156 e. The number of ether oxygens (including phenoxy) is 2. The predicted octanol–water partition coefficient (Wildman–Crippen LogP) is 2.30. The number of rotatable bonds is 7. The van der Waals surface area contributed by atoms with Gasteiger partial charge in [0, 0.05) is 18.6 Å². The number of nitrogens with zero attached hydrogens (tertiary/aromatic N) is 1. The molecule has 0 aromatic heterocycles. The predicted molar refractivity (Wildman–Crippen MR) is 67.5 cm³/mol. The van der Waals surface area contributed by atoms with Crippen molar-refractivity contribution in [2.45, 2.75) is 19.3 Å². The molecular weight excluding hydrogens is 230 g/mol. The van der Waals surface area contributed by atoms with Crippen LogP contribution in [0.4, 0.5) is 0 Å². The van der Waals surface area contributed by atoms with Crippen molar-refractivity contribution >= 4 is 5.78 Å². The molecule has 96 valence electrons. The Morgan fingerprint density at radius 1 is 1.44 bits per heavy atom. The molecule has 0 aliphatic heterocycles. The summed E-state index contributed by atoms with van der Waals surface area (Å²) >= 11 is 0. The fourth-order valence-corrected chi connectivity index (χ4v) is 1.68. The van der Waals surface area contributed by atoms with Crippen LogP contribution < -0.4 is 4.74 Å². The number of nitriles is 1. The molecule has 0 aliphatic rings. The number of hydrogen-bond acceptors (Lipinski definition) is 4. The van der Waals surface area contributed by atoms with Crippen LogP contribution in [0.15, 0.2) is 24.3 Å². The number of carbonyl (C=O) groups excluding carboxylic acids is 1. The average molecular weight is 247 g/mol. The first-order valence-corrected chi connectivity index (χ1v) is 5.87. The first-order valence-electron chi connectivity index (χ1n) is 5.87. The van der Waals surface area contributed by atoms with E-state index in [1.165, 1.54) is 7.11 Å². The van der Waals surface area contributed by atoms with Gasteiger partial charge in [-0.1, -0.05) is 18.2 Å². The molecule has 0 bridgehead atoms. The minimum absolute atomic E-state index is 0.143. The van der Waals surface area contributed by atoms with Gasteiger partial charge in [0.25, 0.3) is 0 Å². The highest BCUT2D eigenvalue weighted by Gasteiger charge is 2.22. The van der Waals surface area contributed by atoms with Gasteiger partial charge < -0.3 is 9.47 Å². The van der Waals surface area contributed by atoms with Gasteiger partial charge in [-0.3, -0.25) is 4.79 Å². The Labute approximate surface area is 107 Å². The Morgan fingerprint density at radius 2 is 2.17 bits per heavy atom. The highest BCUT2D eigenvalue weighted by Crippen LogP contribution is 2.27. The van der Waals surface area contributed by atoms with E-state index < -0.39 is 5.92 Å². The molecule has 1 unspecified atom stereocenters. The van der Waals surface area contributed by atoms with Gasteiger partial charge in [-0.05, 0) is 13.0 Å². The zero-order valence-electron chi connectivity index (χ0n) is 10.7. The van der Waals surface area contributed by atoms with Crippen LogP contribution in [0.3, 0.4) is 0 Å². The molecular formula is C14H17NO3. The summed E-state index contributed by atoms with van der Waals surface area (Å²) in [5, 5.41) is 9.16. The van der Waals surface area contributed by atoms with E-state index in [1.807, 2.05) is 13.0 Å². The van der Waals surface area contributed by atoms with Crippen LogP contribution in [-0.2, 0) is 9.53 Å². The third-order valence-corrected chi connectivity index (χ3v) is 2.60. The molecule has 0 fully saturated rings. The lowest BCUT2D eigenvalue weighted by Crippen LogP contribution is -2.14. The lowest BCUT2D eigenvalue weighted by molar-refractivity contribution is -0.120. The highest BCUT2D eigenvalue weighted by atomic mass is 16.5. The number of methoxy groups -OCH3 is 1. The second-order valence-electron chi connectivity index (χ2n) is 3.72. The standard InChI is InChI=1S/C14H17NO3/c1-3-18-9-8-13(16)12(10-15)11-6-4-5-7-14(11)17-2/h4-7,12H,3,8-9H2,1-2H3. The molecule has 0 N–H and O–H groups in total. The van der Waals surface area contributed by atoms with E-state index in [2.05, 4.69) is 0 Å². The number of hydrogen-bond donors (Lipinski definition) is 0. The summed E-state index contributed by atoms with van der Waals surface area (Å²) in [4.78, 5) is 12.0. The molecule has 1 atom stereocenters. The quantitative estimate of drug-likeness (QED) is 0.694. The third-order valence-electron chi connectivity index (χ3n) is 2.60. The van der Waals surface area contributed by atoms with Gasteiger partial charge in [-0.25, -0.2) is 0 Å². The van der Waals surface area contributed by atoms with Crippen LogP contribution in [0, 0.1) is 11.3 Å². The van der Waals surface area contributed by atoms with E-state index in [4.69, 9.17) is 14.7 Å². The second-order valence-corrected chi connectivity index (χ2v) is 3.72. The van der Waals surface area contributed by atoms with E-state index in [9.17, 15) is 4.79 Å². The van der Waals surface area contributed by atoms with Gasteiger partial charge in [0.1, 0.15) is 11.7 Å². The van der Waals surface area contributed by atoms with E-state index in [0.717, 1.165) is 0 Å². The Balaban J connectivity index is 2.83. The van der Waals surface area contributed by atoms with Crippen molar-refractivity contribution in [2.24, 2.45) is 0 Å². The summed E-state index contributed by atoms with van der Waals surface area (Å²) in [7, 11) is 1.53. The molecule has 4 heteroatoms. The van der Waals surface area contributed by atoms with Crippen LogP contribution in [0.25, 0.3) is 0 Å². The summed E-state index contributed by atoms with van der Waals surface area (Å²) in [5.74, 6) is -0.370. The monoisotopic (exact) mass is 247 g/mol. The maximum absolute atomic E-state index is 12.0. The van der Waals surface area contributed by atoms with Crippen molar-refractivity contribution < 1.29 is 14.3 Å². The van der Waals surface area contributed by atoms with Crippen molar-refractivity contribution in [2.75, 3.05) is 20.3 Å². The Hall–Kier alpha value is -1.86. The van der Waals surface area contributed by atoms with Gasteiger partial charge in [-0.15, -0.1) is 0 Å². The summed E-state index contributed by atoms with van der Waals surface area (Å²) in [6.07, 6.45) is 0.240. The number of para-hydroxylation sites is 1. The van der Waals surface area contributed by atoms with Crippen LogP contribution in [0.1, 0.15) is 24.8 Å². The zero-order valence-corrected chi connectivity index (χ0v) is 10.7. The molecule has 0 radical (unpaired) electrons. The largest absolute Gasteiger partial charge is 0.496 e. The number of benzene rings is 1. The molecule has 0 spiro atoms. The topological polar surface area (TPSA) is 59.3 Å². The SMILES string of the molecule is CCOCCC(=O)C(C#N)c1ccccc1OC. The fraction of sp³-hybridized carbons (Fsp3) is 0.429. The summed E-state index contributed by atoms with van der Waals surface area (Å²) in [5.41, 5.74) is 0.615. The normalized spacial score (nSPS) is 11.6. The third kappa shape index (κ3) is 3.57. The second kappa shape index (κ2) is 7.46.